The monoisotopic (exact) mass is 325 g/mol. The standard InChI is InChI=1S/C18H19N3O3/c22-14(20-13-2-1-8-19-10-13)7-9-21-17(23)15-11-3-4-12(6-5-11)16(15)18(21)24/h1-4,8,10-12,15-16H,5-7,9H2,(H,20,22)/t11-,12-,15-,16-/m0/s1. The minimum atomic E-state index is -0.223. The Bertz CT molecular complexity index is 683. The molecule has 4 aliphatic rings. The fraction of sp³-hybridized carbons (Fsp3) is 0.444. The summed E-state index contributed by atoms with van der Waals surface area (Å²) in [6, 6.07) is 3.48. The summed E-state index contributed by atoms with van der Waals surface area (Å²) in [6.07, 6.45) is 9.45. The molecule has 2 bridgehead atoms. The number of amides is 3. The van der Waals surface area contributed by atoms with Crippen molar-refractivity contribution in [2.75, 3.05) is 11.9 Å². The van der Waals surface area contributed by atoms with E-state index in [2.05, 4.69) is 22.5 Å². The van der Waals surface area contributed by atoms with Gasteiger partial charge in [0.25, 0.3) is 0 Å². The lowest BCUT2D eigenvalue weighted by Crippen LogP contribution is -2.38. The number of anilines is 1. The third-order valence-electron chi connectivity index (χ3n) is 5.36. The highest BCUT2D eigenvalue weighted by atomic mass is 16.2. The lowest BCUT2D eigenvalue weighted by atomic mass is 9.63. The average Bonchev–Trinajstić information content (AvgIpc) is 2.88. The predicted octanol–water partition coefficient (Wildman–Crippen LogP) is 1.61. The van der Waals surface area contributed by atoms with Gasteiger partial charge in [-0.25, -0.2) is 0 Å². The fourth-order valence-corrected chi connectivity index (χ4v) is 4.23. The molecule has 2 fully saturated rings. The Balaban J connectivity index is 1.40. The molecule has 0 radical (unpaired) electrons. The van der Waals surface area contributed by atoms with Crippen molar-refractivity contribution in [3.63, 3.8) is 0 Å². The van der Waals surface area contributed by atoms with E-state index in [1.165, 1.54) is 4.90 Å². The number of aromatic nitrogens is 1. The van der Waals surface area contributed by atoms with E-state index in [1.54, 1.807) is 24.5 Å². The molecule has 3 amide bonds. The second-order valence-electron chi connectivity index (χ2n) is 6.71. The molecule has 0 spiro atoms. The van der Waals surface area contributed by atoms with Gasteiger partial charge in [-0.3, -0.25) is 24.3 Å². The molecule has 1 aromatic heterocycles. The summed E-state index contributed by atoms with van der Waals surface area (Å²) in [6.45, 7) is 0.149. The second-order valence-corrected chi connectivity index (χ2v) is 6.71. The number of carbonyl (C=O) groups is 3. The SMILES string of the molecule is O=C(CCN1C(=O)[C@@H]2[C@@H](C1=O)[C@H]1C=C[C@H]2CC1)Nc1cccnc1. The summed E-state index contributed by atoms with van der Waals surface area (Å²) in [7, 11) is 0. The van der Waals surface area contributed by atoms with Gasteiger partial charge in [0.15, 0.2) is 0 Å². The van der Waals surface area contributed by atoms with E-state index < -0.39 is 0 Å². The number of hydrogen-bond acceptors (Lipinski definition) is 4. The van der Waals surface area contributed by atoms with Gasteiger partial charge in [-0.15, -0.1) is 0 Å². The molecule has 1 aliphatic heterocycles. The number of allylic oxidation sites excluding steroid dienone is 2. The van der Waals surface area contributed by atoms with Crippen LogP contribution in [0.2, 0.25) is 0 Å². The molecule has 0 aromatic carbocycles. The Hall–Kier alpha value is -2.50. The van der Waals surface area contributed by atoms with Crippen LogP contribution in [0.3, 0.4) is 0 Å². The first-order valence-electron chi connectivity index (χ1n) is 8.38. The lowest BCUT2D eigenvalue weighted by molar-refractivity contribution is -0.140. The van der Waals surface area contributed by atoms with E-state index in [4.69, 9.17) is 0 Å². The maximum Gasteiger partial charge on any atom is 0.233 e. The average molecular weight is 325 g/mol. The lowest BCUT2D eigenvalue weighted by Gasteiger charge is -2.38. The number of pyridine rings is 1. The molecule has 5 rings (SSSR count). The summed E-state index contributed by atoms with van der Waals surface area (Å²) < 4.78 is 0. The summed E-state index contributed by atoms with van der Waals surface area (Å²) in [5.74, 6) is -0.461. The van der Waals surface area contributed by atoms with E-state index in [0.29, 0.717) is 5.69 Å². The van der Waals surface area contributed by atoms with Gasteiger partial charge in [0.05, 0.1) is 23.7 Å². The number of nitrogens with one attached hydrogen (secondary N) is 1. The first-order valence-corrected chi connectivity index (χ1v) is 8.38. The number of fused-ring (bicyclic) bond motifs is 1. The molecule has 3 aliphatic carbocycles. The van der Waals surface area contributed by atoms with Crippen molar-refractivity contribution in [1.29, 1.82) is 0 Å². The zero-order valence-corrected chi connectivity index (χ0v) is 13.2. The van der Waals surface area contributed by atoms with Crippen LogP contribution in [-0.2, 0) is 14.4 Å². The highest BCUT2D eigenvalue weighted by Gasteiger charge is 2.56. The minimum Gasteiger partial charge on any atom is -0.325 e. The third-order valence-corrected chi connectivity index (χ3v) is 5.36. The molecule has 2 heterocycles. The molecule has 1 aromatic rings. The van der Waals surface area contributed by atoms with Crippen molar-refractivity contribution in [1.82, 2.24) is 9.88 Å². The van der Waals surface area contributed by atoms with Gasteiger partial charge in [0.1, 0.15) is 0 Å². The van der Waals surface area contributed by atoms with Crippen molar-refractivity contribution in [3.05, 3.63) is 36.7 Å². The van der Waals surface area contributed by atoms with Crippen molar-refractivity contribution in [3.8, 4) is 0 Å². The summed E-state index contributed by atoms with van der Waals surface area (Å²) in [4.78, 5) is 42.6. The molecule has 124 valence electrons. The van der Waals surface area contributed by atoms with Crippen LogP contribution >= 0.6 is 0 Å². The second kappa shape index (κ2) is 5.85. The minimum absolute atomic E-state index is 0.0989. The van der Waals surface area contributed by atoms with Crippen LogP contribution in [0.15, 0.2) is 36.7 Å². The molecule has 6 heteroatoms. The third kappa shape index (κ3) is 2.42. The van der Waals surface area contributed by atoms with Crippen LogP contribution in [0.5, 0.6) is 0 Å². The van der Waals surface area contributed by atoms with Crippen LogP contribution in [0.4, 0.5) is 5.69 Å². The van der Waals surface area contributed by atoms with Crippen LogP contribution in [0.1, 0.15) is 19.3 Å². The molecule has 1 saturated heterocycles. The zero-order valence-electron chi connectivity index (χ0n) is 13.2. The molecular formula is C18H19N3O3. The van der Waals surface area contributed by atoms with E-state index in [9.17, 15) is 14.4 Å². The molecule has 1 saturated carbocycles. The first-order chi connectivity index (χ1) is 11.6. The first kappa shape index (κ1) is 15.1. The number of likely N-dealkylation sites (tertiary alicyclic amines) is 1. The number of rotatable bonds is 4. The molecular weight excluding hydrogens is 306 g/mol. The topological polar surface area (TPSA) is 79.4 Å². The quantitative estimate of drug-likeness (QED) is 0.674. The van der Waals surface area contributed by atoms with Crippen molar-refractivity contribution in [2.24, 2.45) is 23.7 Å². The van der Waals surface area contributed by atoms with Gasteiger partial charge in [-0.05, 0) is 36.8 Å². The van der Waals surface area contributed by atoms with E-state index in [1.807, 2.05) is 0 Å². The van der Waals surface area contributed by atoms with Crippen LogP contribution in [0, 0.1) is 23.7 Å². The molecule has 24 heavy (non-hydrogen) atoms. The highest BCUT2D eigenvalue weighted by molar-refractivity contribution is 6.06. The van der Waals surface area contributed by atoms with Gasteiger partial charge >= 0.3 is 0 Å². The van der Waals surface area contributed by atoms with Gasteiger partial charge in [0.2, 0.25) is 17.7 Å². The Kier molecular flexibility index (Phi) is 3.67. The van der Waals surface area contributed by atoms with Gasteiger partial charge < -0.3 is 5.32 Å². The van der Waals surface area contributed by atoms with E-state index in [0.717, 1.165) is 12.8 Å². The number of imide groups is 1. The van der Waals surface area contributed by atoms with Gasteiger partial charge in [0, 0.05) is 19.2 Å². The smallest absolute Gasteiger partial charge is 0.233 e. The molecule has 1 N–H and O–H groups in total. The number of carbonyl (C=O) groups excluding carboxylic acids is 3. The number of hydrogen-bond donors (Lipinski definition) is 1. The van der Waals surface area contributed by atoms with Crippen molar-refractivity contribution >= 4 is 23.4 Å². The largest absolute Gasteiger partial charge is 0.325 e. The Morgan fingerprint density at radius 3 is 2.38 bits per heavy atom. The van der Waals surface area contributed by atoms with Gasteiger partial charge in [-0.2, -0.15) is 0 Å². The summed E-state index contributed by atoms with van der Waals surface area (Å²) in [5.41, 5.74) is 0.609. The van der Waals surface area contributed by atoms with Crippen LogP contribution in [-0.4, -0.2) is 34.2 Å². The predicted molar refractivity (Wildman–Crippen MR) is 86.5 cm³/mol. The number of nitrogens with zero attached hydrogens (tertiary/aromatic N) is 2. The van der Waals surface area contributed by atoms with Crippen molar-refractivity contribution < 1.29 is 14.4 Å². The Morgan fingerprint density at radius 1 is 1.17 bits per heavy atom. The Morgan fingerprint density at radius 2 is 1.83 bits per heavy atom. The Labute approximate surface area is 139 Å². The van der Waals surface area contributed by atoms with E-state index >= 15 is 0 Å². The van der Waals surface area contributed by atoms with E-state index in [-0.39, 0.29) is 54.4 Å². The highest BCUT2D eigenvalue weighted by Crippen LogP contribution is 2.49. The normalized spacial score (nSPS) is 30.6. The summed E-state index contributed by atoms with van der Waals surface area (Å²) >= 11 is 0. The van der Waals surface area contributed by atoms with Crippen LogP contribution < -0.4 is 5.32 Å². The maximum absolute atomic E-state index is 12.6. The molecule has 4 atom stereocenters. The maximum atomic E-state index is 12.6. The van der Waals surface area contributed by atoms with Crippen molar-refractivity contribution in [2.45, 2.75) is 19.3 Å². The van der Waals surface area contributed by atoms with Gasteiger partial charge in [-0.1, -0.05) is 12.2 Å². The molecule has 0 unspecified atom stereocenters. The summed E-state index contributed by atoms with van der Waals surface area (Å²) in [5, 5.41) is 2.73. The fourth-order valence-electron chi connectivity index (χ4n) is 4.23. The van der Waals surface area contributed by atoms with Crippen LogP contribution in [0.25, 0.3) is 0 Å². The zero-order chi connectivity index (χ0) is 16.7. The molecule has 6 nitrogen and oxygen atoms in total.